The van der Waals surface area contributed by atoms with Crippen molar-refractivity contribution in [3.63, 3.8) is 0 Å². The molecule has 178 valence electrons. The molecule has 0 spiro atoms. The van der Waals surface area contributed by atoms with Gasteiger partial charge in [0.1, 0.15) is 11.4 Å². The van der Waals surface area contributed by atoms with Crippen LogP contribution in [0.1, 0.15) is 39.2 Å². The number of pyridine rings is 1. The summed E-state index contributed by atoms with van der Waals surface area (Å²) in [4.78, 5) is 23.2. The SMILES string of the molecule is C=N[C@H]1CC(F)(F)C[C@@H]1Nc1cc[nH]c(=O)c1C(N)=Nc1ccc(S(=O)(=O)C(C)(C)C)cc1. The highest BCUT2D eigenvalue weighted by Crippen LogP contribution is 2.38. The second-order valence-electron chi connectivity index (χ2n) is 8.97. The number of nitrogens with two attached hydrogens (primary N) is 1. The number of hydrogen-bond donors (Lipinski definition) is 3. The van der Waals surface area contributed by atoms with Crippen molar-refractivity contribution in [2.75, 3.05) is 5.32 Å². The summed E-state index contributed by atoms with van der Waals surface area (Å²) in [7, 11) is -3.54. The minimum absolute atomic E-state index is 0.0121. The van der Waals surface area contributed by atoms with Gasteiger partial charge in [-0.2, -0.15) is 0 Å². The number of aliphatic imine (C=N–C) groups is 2. The lowest BCUT2D eigenvalue weighted by Gasteiger charge is -2.20. The van der Waals surface area contributed by atoms with Crippen LogP contribution in [0.15, 0.2) is 56.2 Å². The average molecular weight is 480 g/mol. The number of H-pyrrole nitrogens is 1. The van der Waals surface area contributed by atoms with Gasteiger partial charge in [-0.05, 0) is 57.8 Å². The van der Waals surface area contributed by atoms with Gasteiger partial charge in [0.15, 0.2) is 9.84 Å². The maximum atomic E-state index is 13.9. The van der Waals surface area contributed by atoms with Gasteiger partial charge in [-0.15, -0.1) is 0 Å². The fourth-order valence-electron chi connectivity index (χ4n) is 3.63. The van der Waals surface area contributed by atoms with Crippen LogP contribution in [0.4, 0.5) is 20.2 Å². The van der Waals surface area contributed by atoms with Crippen LogP contribution in [0.2, 0.25) is 0 Å². The van der Waals surface area contributed by atoms with Crippen molar-refractivity contribution in [1.29, 1.82) is 0 Å². The lowest BCUT2D eigenvalue weighted by atomic mass is 10.1. The average Bonchev–Trinajstić information content (AvgIpc) is 3.01. The molecule has 1 saturated carbocycles. The maximum Gasteiger partial charge on any atom is 0.261 e. The standard InChI is InChI=1S/C22H27F2N5O3S/c1-21(2,3)33(31,32)14-7-5-13(6-8-14)28-19(25)18-15(9-10-27-20(18)30)29-17-12-22(23,24)11-16(17)26-4/h5-10,16-17H,4,11-12H2,1-3H3,(H2,25,28)(H2,27,29,30)/t16-,17-/m0/s1. The van der Waals surface area contributed by atoms with E-state index in [2.05, 4.69) is 27.0 Å². The summed E-state index contributed by atoms with van der Waals surface area (Å²) in [5, 5.41) is 2.95. The molecule has 1 aliphatic rings. The van der Waals surface area contributed by atoms with E-state index >= 15 is 0 Å². The van der Waals surface area contributed by atoms with Crippen molar-refractivity contribution in [3.05, 3.63) is 52.4 Å². The first-order valence-electron chi connectivity index (χ1n) is 10.3. The van der Waals surface area contributed by atoms with Crippen molar-refractivity contribution < 1.29 is 17.2 Å². The van der Waals surface area contributed by atoms with Gasteiger partial charge in [0, 0.05) is 19.0 Å². The van der Waals surface area contributed by atoms with Crippen LogP contribution in [0.25, 0.3) is 0 Å². The number of nitrogens with zero attached hydrogens (tertiary/aromatic N) is 2. The Balaban J connectivity index is 1.93. The van der Waals surface area contributed by atoms with Gasteiger partial charge in [-0.25, -0.2) is 22.2 Å². The van der Waals surface area contributed by atoms with Crippen LogP contribution in [0.3, 0.4) is 0 Å². The molecule has 2 atom stereocenters. The number of sulfone groups is 1. The lowest BCUT2D eigenvalue weighted by Crippen LogP contribution is -2.32. The van der Waals surface area contributed by atoms with Gasteiger partial charge in [-0.3, -0.25) is 9.79 Å². The molecule has 0 aliphatic heterocycles. The molecule has 1 aromatic heterocycles. The van der Waals surface area contributed by atoms with E-state index in [-0.39, 0.29) is 22.0 Å². The molecule has 4 N–H and O–H groups in total. The second kappa shape index (κ2) is 8.69. The molecule has 2 aromatic rings. The first-order chi connectivity index (χ1) is 15.2. The summed E-state index contributed by atoms with van der Waals surface area (Å²) in [5.74, 6) is -3.04. The third kappa shape index (κ3) is 5.13. The molecule has 0 saturated heterocycles. The highest BCUT2D eigenvalue weighted by atomic mass is 32.2. The molecule has 11 heteroatoms. The number of alkyl halides is 2. The summed E-state index contributed by atoms with van der Waals surface area (Å²) in [6.07, 6.45) is 0.487. The minimum Gasteiger partial charge on any atom is -0.383 e. The molecule has 0 unspecified atom stereocenters. The number of aromatic amines is 1. The molecule has 1 fully saturated rings. The van der Waals surface area contributed by atoms with Gasteiger partial charge in [0.25, 0.3) is 11.5 Å². The molecule has 33 heavy (non-hydrogen) atoms. The van der Waals surface area contributed by atoms with Crippen molar-refractivity contribution in [2.24, 2.45) is 15.7 Å². The van der Waals surface area contributed by atoms with Crippen LogP contribution in [0.5, 0.6) is 0 Å². The largest absolute Gasteiger partial charge is 0.383 e. The zero-order valence-corrected chi connectivity index (χ0v) is 19.4. The van der Waals surface area contributed by atoms with E-state index in [1.165, 1.54) is 36.5 Å². The van der Waals surface area contributed by atoms with E-state index < -0.39 is 51.0 Å². The highest BCUT2D eigenvalue weighted by Gasteiger charge is 2.46. The molecule has 8 nitrogen and oxygen atoms in total. The second-order valence-corrected chi connectivity index (χ2v) is 11.7. The van der Waals surface area contributed by atoms with E-state index in [1.807, 2.05) is 0 Å². The molecule has 0 bridgehead atoms. The highest BCUT2D eigenvalue weighted by molar-refractivity contribution is 7.92. The monoisotopic (exact) mass is 479 g/mol. The molecule has 1 aromatic carbocycles. The number of amidine groups is 1. The van der Waals surface area contributed by atoms with Gasteiger partial charge >= 0.3 is 0 Å². The number of aromatic nitrogens is 1. The van der Waals surface area contributed by atoms with E-state index in [0.717, 1.165) is 0 Å². The number of halogens is 2. The Labute approximate surface area is 191 Å². The van der Waals surface area contributed by atoms with Gasteiger partial charge in [0.05, 0.1) is 33.1 Å². The molecule has 0 radical (unpaired) electrons. The quantitative estimate of drug-likeness (QED) is 0.433. The minimum atomic E-state index is -3.54. The Kier molecular flexibility index (Phi) is 6.47. The predicted octanol–water partition coefficient (Wildman–Crippen LogP) is 3.26. The molecule has 0 amide bonds. The Morgan fingerprint density at radius 1 is 1.21 bits per heavy atom. The van der Waals surface area contributed by atoms with Gasteiger partial charge < -0.3 is 16.0 Å². The summed E-state index contributed by atoms with van der Waals surface area (Å²) in [5.41, 5.74) is 6.10. The first-order valence-corrected chi connectivity index (χ1v) is 11.7. The third-order valence-electron chi connectivity index (χ3n) is 5.49. The van der Waals surface area contributed by atoms with Crippen molar-refractivity contribution >= 4 is 33.8 Å². The Morgan fingerprint density at radius 2 is 1.85 bits per heavy atom. The number of benzene rings is 1. The van der Waals surface area contributed by atoms with Crippen molar-refractivity contribution in [1.82, 2.24) is 4.98 Å². The normalized spacial score (nSPS) is 21.1. The summed E-state index contributed by atoms with van der Waals surface area (Å²) in [6, 6.07) is 5.85. The van der Waals surface area contributed by atoms with E-state index in [9.17, 15) is 22.0 Å². The zero-order valence-electron chi connectivity index (χ0n) is 18.6. The Hall–Kier alpha value is -3.08. The van der Waals surface area contributed by atoms with Crippen molar-refractivity contribution in [2.45, 2.75) is 61.3 Å². The van der Waals surface area contributed by atoms with Crippen LogP contribution < -0.4 is 16.6 Å². The molecule has 1 heterocycles. The smallest absolute Gasteiger partial charge is 0.261 e. The molecular formula is C22H27F2N5O3S. The predicted molar refractivity (Wildman–Crippen MR) is 126 cm³/mol. The van der Waals surface area contributed by atoms with E-state index in [4.69, 9.17) is 5.73 Å². The fourth-order valence-corrected chi connectivity index (χ4v) is 4.83. The van der Waals surface area contributed by atoms with Gasteiger partial charge in [-0.1, -0.05) is 0 Å². The van der Waals surface area contributed by atoms with Crippen LogP contribution in [-0.2, 0) is 9.84 Å². The topological polar surface area (TPSA) is 130 Å². The van der Waals surface area contributed by atoms with Crippen molar-refractivity contribution in [3.8, 4) is 0 Å². The van der Waals surface area contributed by atoms with Crippen LogP contribution in [0, 0.1) is 0 Å². The summed E-state index contributed by atoms with van der Waals surface area (Å²) < 4.78 is 51.9. The summed E-state index contributed by atoms with van der Waals surface area (Å²) >= 11 is 0. The van der Waals surface area contributed by atoms with Crippen LogP contribution in [-0.4, -0.2) is 48.7 Å². The summed E-state index contributed by atoms with van der Waals surface area (Å²) in [6.45, 7) is 8.21. The lowest BCUT2D eigenvalue weighted by molar-refractivity contribution is 0.00742. The zero-order chi connectivity index (χ0) is 24.6. The first kappa shape index (κ1) is 24.6. The number of hydrogen-bond acceptors (Lipinski definition) is 6. The Bertz CT molecular complexity index is 1230. The van der Waals surface area contributed by atoms with Gasteiger partial charge in [0.2, 0.25) is 0 Å². The third-order valence-corrected chi connectivity index (χ3v) is 7.99. The molecular weight excluding hydrogens is 452 g/mol. The fraction of sp³-hybridized carbons (Fsp3) is 0.409. The molecule has 1 aliphatic carbocycles. The number of anilines is 1. The maximum absolute atomic E-state index is 13.9. The molecule has 3 rings (SSSR count). The Morgan fingerprint density at radius 3 is 2.42 bits per heavy atom. The number of nitrogens with one attached hydrogen (secondary N) is 2. The number of rotatable bonds is 6. The van der Waals surface area contributed by atoms with Crippen LogP contribution >= 0.6 is 0 Å². The van der Waals surface area contributed by atoms with E-state index in [0.29, 0.717) is 5.69 Å². The van der Waals surface area contributed by atoms with E-state index in [1.54, 1.807) is 20.8 Å².